The van der Waals surface area contributed by atoms with Crippen molar-refractivity contribution >= 4 is 0 Å². The highest BCUT2D eigenvalue weighted by molar-refractivity contribution is 5.41. The van der Waals surface area contributed by atoms with E-state index in [2.05, 4.69) is 12.2 Å². The summed E-state index contributed by atoms with van der Waals surface area (Å²) in [5.41, 5.74) is -0.196. The van der Waals surface area contributed by atoms with Crippen LogP contribution in [0, 0.1) is 23.1 Å². The van der Waals surface area contributed by atoms with Gasteiger partial charge in [0.15, 0.2) is 0 Å². The third-order valence-electron chi connectivity index (χ3n) is 9.78. The van der Waals surface area contributed by atoms with Gasteiger partial charge in [-0.2, -0.15) is 13.2 Å². The Morgan fingerprint density at radius 3 is 2.16 bits per heavy atom. The van der Waals surface area contributed by atoms with E-state index < -0.39 is 17.6 Å². The average Bonchev–Trinajstić information content (AvgIpc) is 2.86. The Balaban J connectivity index is 1.41. The number of nitrogens with one attached hydrogen (secondary N) is 1. The third kappa shape index (κ3) is 5.69. The Morgan fingerprint density at radius 2 is 1.50 bits per heavy atom. The fourth-order valence-electron chi connectivity index (χ4n) is 8.81. The molecule has 0 radical (unpaired) electrons. The molecule has 1 N–H and O–H groups in total. The van der Waals surface area contributed by atoms with Crippen molar-refractivity contribution in [2.75, 3.05) is 6.54 Å². The summed E-state index contributed by atoms with van der Waals surface area (Å²) in [5, 5.41) is 3.99. The van der Waals surface area contributed by atoms with Gasteiger partial charge in [-0.05, 0) is 85.9 Å². The minimum Gasteiger partial charge on any atom is -0.311 e. The van der Waals surface area contributed by atoms with Crippen molar-refractivity contribution in [2.24, 2.45) is 17.3 Å². The number of hydrogen-bond donors (Lipinski definition) is 1. The molecule has 4 bridgehead atoms. The van der Waals surface area contributed by atoms with Gasteiger partial charge in [0.05, 0.1) is 5.56 Å². The zero-order chi connectivity index (χ0) is 26.8. The average molecular weight is 530 g/mol. The van der Waals surface area contributed by atoms with Crippen molar-refractivity contribution in [1.29, 1.82) is 0 Å². The van der Waals surface area contributed by atoms with Crippen LogP contribution >= 0.6 is 0 Å². The van der Waals surface area contributed by atoms with E-state index in [0.29, 0.717) is 11.8 Å². The van der Waals surface area contributed by atoms with Crippen molar-refractivity contribution in [3.8, 4) is 0 Å². The normalized spacial score (nSPS) is 29.1. The molecule has 0 amide bonds. The van der Waals surface area contributed by atoms with E-state index >= 15 is 4.39 Å². The van der Waals surface area contributed by atoms with Crippen molar-refractivity contribution in [2.45, 2.75) is 108 Å². The molecule has 2 aromatic carbocycles. The van der Waals surface area contributed by atoms with Gasteiger partial charge >= 0.3 is 6.18 Å². The Hall–Kier alpha value is -1.88. The molecular weight excluding hydrogens is 486 g/mol. The number of benzene rings is 2. The third-order valence-corrected chi connectivity index (χ3v) is 9.78. The summed E-state index contributed by atoms with van der Waals surface area (Å²) in [6, 6.07) is 13.7. The van der Waals surface area contributed by atoms with Crippen molar-refractivity contribution in [1.82, 2.24) is 5.32 Å². The van der Waals surface area contributed by atoms with Crippen LogP contribution in [0.5, 0.6) is 0 Å². The van der Waals surface area contributed by atoms with Crippen molar-refractivity contribution < 1.29 is 17.6 Å². The maximum atomic E-state index is 15.7. The van der Waals surface area contributed by atoms with Gasteiger partial charge in [0.1, 0.15) is 5.82 Å². The lowest BCUT2D eigenvalue weighted by molar-refractivity contribution is -0.140. The van der Waals surface area contributed by atoms with Gasteiger partial charge in [-0.25, -0.2) is 4.39 Å². The van der Waals surface area contributed by atoms with Gasteiger partial charge in [-0.3, -0.25) is 0 Å². The smallest absolute Gasteiger partial charge is 0.311 e. The van der Waals surface area contributed by atoms with Crippen LogP contribution in [-0.4, -0.2) is 12.1 Å². The molecule has 38 heavy (non-hydrogen) atoms. The molecule has 0 saturated heterocycles. The minimum atomic E-state index is -4.71. The van der Waals surface area contributed by atoms with Gasteiger partial charge < -0.3 is 5.32 Å². The zero-order valence-corrected chi connectivity index (χ0v) is 22.8. The van der Waals surface area contributed by atoms with Crippen LogP contribution in [0.2, 0.25) is 0 Å². The quantitative estimate of drug-likeness (QED) is 0.213. The van der Waals surface area contributed by atoms with Crippen molar-refractivity contribution in [3.63, 3.8) is 0 Å². The van der Waals surface area contributed by atoms with E-state index in [1.807, 2.05) is 30.3 Å². The van der Waals surface area contributed by atoms with Crippen LogP contribution in [0.1, 0.15) is 113 Å². The van der Waals surface area contributed by atoms with E-state index in [0.717, 1.165) is 50.3 Å². The summed E-state index contributed by atoms with van der Waals surface area (Å²) in [6.45, 7) is 3.24. The molecule has 208 valence electrons. The lowest BCUT2D eigenvalue weighted by Gasteiger charge is -2.64. The first kappa shape index (κ1) is 27.7. The monoisotopic (exact) mass is 529 g/mol. The SMILES string of the molecule is CCCCCCCCCNC12CC3CC(C1)CC(C(c1ccccc1)c1cccc(C(F)(F)F)c1F)(C3)C2. The molecule has 4 aliphatic rings. The fraction of sp³-hybridized carbons (Fsp3) is 0.636. The Kier molecular flexibility index (Phi) is 8.24. The second-order valence-electron chi connectivity index (χ2n) is 12.7. The molecule has 5 heteroatoms. The molecule has 1 nitrogen and oxygen atoms in total. The summed E-state index contributed by atoms with van der Waals surface area (Å²) >= 11 is 0. The van der Waals surface area contributed by atoms with Crippen LogP contribution < -0.4 is 5.32 Å². The molecule has 2 aromatic rings. The Labute approximate surface area is 225 Å². The predicted molar refractivity (Wildman–Crippen MR) is 146 cm³/mol. The van der Waals surface area contributed by atoms with E-state index in [4.69, 9.17) is 0 Å². The molecule has 4 saturated carbocycles. The van der Waals surface area contributed by atoms with Crippen LogP contribution in [-0.2, 0) is 6.18 Å². The van der Waals surface area contributed by atoms with E-state index in [1.54, 1.807) is 6.07 Å². The fourth-order valence-corrected chi connectivity index (χ4v) is 8.81. The number of halogens is 4. The summed E-state index contributed by atoms with van der Waals surface area (Å²) < 4.78 is 57.0. The number of rotatable bonds is 12. The molecule has 6 rings (SSSR count). The summed E-state index contributed by atoms with van der Waals surface area (Å²) in [7, 11) is 0. The maximum Gasteiger partial charge on any atom is 0.419 e. The molecule has 0 aliphatic heterocycles. The molecule has 0 spiro atoms. The van der Waals surface area contributed by atoms with Crippen LogP contribution in [0.15, 0.2) is 48.5 Å². The zero-order valence-electron chi connectivity index (χ0n) is 22.8. The molecule has 4 aliphatic carbocycles. The lowest BCUT2D eigenvalue weighted by atomic mass is 9.43. The van der Waals surface area contributed by atoms with Gasteiger partial charge in [0.2, 0.25) is 0 Å². The van der Waals surface area contributed by atoms with Gasteiger partial charge in [0.25, 0.3) is 0 Å². The standard InChI is InChI=1S/C33H43F4N/c1-2-3-4-5-6-7-11-17-38-32-21-24-18-25(22-32)20-31(19-24,23-32)29(26-13-9-8-10-14-26)27-15-12-16-28(30(27)34)33(35,36)37/h8-10,12-16,24-25,29,38H,2-7,11,17-23H2,1H3. The van der Waals surface area contributed by atoms with Crippen LogP contribution in [0.25, 0.3) is 0 Å². The largest absolute Gasteiger partial charge is 0.419 e. The first-order valence-corrected chi connectivity index (χ1v) is 14.9. The molecule has 0 aromatic heterocycles. The highest BCUT2D eigenvalue weighted by Gasteiger charge is 2.60. The van der Waals surface area contributed by atoms with Crippen LogP contribution in [0.3, 0.4) is 0 Å². The number of unbranched alkanes of at least 4 members (excludes halogenated alkanes) is 6. The highest BCUT2D eigenvalue weighted by atomic mass is 19.4. The lowest BCUT2D eigenvalue weighted by Crippen LogP contribution is -2.63. The molecular formula is C33H43F4N. The highest BCUT2D eigenvalue weighted by Crippen LogP contribution is 2.67. The minimum absolute atomic E-state index is 0.0252. The summed E-state index contributed by atoms with van der Waals surface area (Å²) in [6.07, 6.45) is 10.6. The molecule has 4 fully saturated rings. The first-order valence-electron chi connectivity index (χ1n) is 14.9. The Morgan fingerprint density at radius 1 is 0.842 bits per heavy atom. The first-order chi connectivity index (χ1) is 18.3. The van der Waals surface area contributed by atoms with Gasteiger partial charge in [-0.1, -0.05) is 87.9 Å². The van der Waals surface area contributed by atoms with Crippen LogP contribution in [0.4, 0.5) is 17.6 Å². The topological polar surface area (TPSA) is 12.0 Å². The second-order valence-corrected chi connectivity index (χ2v) is 12.7. The molecule has 0 heterocycles. The number of hydrogen-bond acceptors (Lipinski definition) is 1. The van der Waals surface area contributed by atoms with E-state index in [9.17, 15) is 13.2 Å². The predicted octanol–water partition coefficient (Wildman–Crippen LogP) is 9.66. The van der Waals surface area contributed by atoms with Gasteiger partial charge in [0, 0.05) is 11.5 Å². The summed E-state index contributed by atoms with van der Waals surface area (Å²) in [5.74, 6) is -0.359. The van der Waals surface area contributed by atoms with Crippen molar-refractivity contribution in [3.05, 3.63) is 71.0 Å². The summed E-state index contributed by atoms with van der Waals surface area (Å²) in [4.78, 5) is 0. The molecule has 3 unspecified atom stereocenters. The van der Waals surface area contributed by atoms with E-state index in [1.165, 1.54) is 57.4 Å². The number of alkyl halides is 3. The second kappa shape index (κ2) is 11.3. The Bertz CT molecular complexity index is 1050. The maximum absolute atomic E-state index is 15.7. The van der Waals surface area contributed by atoms with Gasteiger partial charge in [-0.15, -0.1) is 0 Å². The van der Waals surface area contributed by atoms with E-state index in [-0.39, 0.29) is 22.4 Å². The molecule has 3 atom stereocenters.